The number of hydrogen-bond donors (Lipinski definition) is 2. The molecule has 68 valence electrons. The maximum atomic E-state index is 12.7. The zero-order chi connectivity index (χ0) is 8.85. The number of ether oxygens (including phenoxy) is 1. The van der Waals surface area contributed by atoms with Gasteiger partial charge in [-0.25, -0.2) is 4.39 Å². The topological polar surface area (TPSA) is 49.7 Å². The number of rotatable bonds is 5. The molecule has 0 rings (SSSR count). The fourth-order valence-electron chi connectivity index (χ4n) is 0.796. The molecule has 2 N–H and O–H groups in total. The first-order valence-electron chi connectivity index (χ1n) is 3.63. The first-order chi connectivity index (χ1) is 5.17. The lowest BCUT2D eigenvalue weighted by molar-refractivity contribution is -0.0725. The van der Waals surface area contributed by atoms with E-state index in [2.05, 4.69) is 4.74 Å². The average Bonchev–Trinajstić information content (AvgIpc) is 2.05. The fourth-order valence-corrected chi connectivity index (χ4v) is 0.796. The molecule has 4 heteroatoms. The summed E-state index contributed by atoms with van der Waals surface area (Å²) >= 11 is 0. The van der Waals surface area contributed by atoms with Crippen molar-refractivity contribution >= 4 is 0 Å². The van der Waals surface area contributed by atoms with Crippen molar-refractivity contribution in [3.63, 3.8) is 0 Å². The Labute approximate surface area is 65.8 Å². The summed E-state index contributed by atoms with van der Waals surface area (Å²) in [6.45, 7) is 1.26. The molecule has 0 spiro atoms. The number of aliphatic hydroxyl groups excluding tert-OH is 2. The summed E-state index contributed by atoms with van der Waals surface area (Å²) in [7, 11) is 1.33. The van der Waals surface area contributed by atoms with Gasteiger partial charge in [0.05, 0.1) is 6.61 Å². The summed E-state index contributed by atoms with van der Waals surface area (Å²) in [5.41, 5.74) is 0. The van der Waals surface area contributed by atoms with Gasteiger partial charge >= 0.3 is 0 Å². The Hall–Kier alpha value is -0.190. The molecule has 0 bridgehead atoms. The van der Waals surface area contributed by atoms with Crippen LogP contribution in [0.4, 0.5) is 4.39 Å². The van der Waals surface area contributed by atoms with E-state index in [0.29, 0.717) is 0 Å². The zero-order valence-corrected chi connectivity index (χ0v) is 6.83. The lowest BCUT2D eigenvalue weighted by Crippen LogP contribution is -2.38. The molecule has 3 nitrogen and oxygen atoms in total. The highest BCUT2D eigenvalue weighted by molar-refractivity contribution is 4.74. The molecule has 0 aliphatic rings. The Morgan fingerprint density at radius 1 is 1.55 bits per heavy atom. The maximum absolute atomic E-state index is 12.7. The third-order valence-corrected chi connectivity index (χ3v) is 1.62. The van der Waals surface area contributed by atoms with E-state index in [9.17, 15) is 4.39 Å². The minimum Gasteiger partial charge on any atom is -0.394 e. The summed E-state index contributed by atoms with van der Waals surface area (Å²) in [4.78, 5) is 0. The zero-order valence-electron chi connectivity index (χ0n) is 6.83. The molecule has 0 fully saturated rings. The molecule has 3 atom stereocenters. The van der Waals surface area contributed by atoms with Gasteiger partial charge in [-0.15, -0.1) is 0 Å². The van der Waals surface area contributed by atoms with Gasteiger partial charge in [0.1, 0.15) is 18.4 Å². The van der Waals surface area contributed by atoms with Gasteiger partial charge in [0, 0.05) is 7.11 Å². The summed E-state index contributed by atoms with van der Waals surface area (Å²) in [6.07, 6.45) is -3.15. The van der Waals surface area contributed by atoms with E-state index in [0.717, 1.165) is 0 Å². The monoisotopic (exact) mass is 166 g/mol. The molecular formula is C7H15FO3. The Bertz CT molecular complexity index is 95.7. The second-order valence-electron chi connectivity index (χ2n) is 2.37. The Kier molecular flexibility index (Phi) is 5.36. The van der Waals surface area contributed by atoms with Crippen LogP contribution in [0.3, 0.4) is 0 Å². The van der Waals surface area contributed by atoms with Crippen LogP contribution in [-0.4, -0.2) is 42.3 Å². The molecule has 0 radical (unpaired) electrons. The molecule has 0 saturated heterocycles. The van der Waals surface area contributed by atoms with Gasteiger partial charge < -0.3 is 14.9 Å². The van der Waals surface area contributed by atoms with Gasteiger partial charge in [0.15, 0.2) is 0 Å². The molecular weight excluding hydrogens is 151 g/mol. The van der Waals surface area contributed by atoms with E-state index in [4.69, 9.17) is 10.2 Å². The number of halogens is 1. The van der Waals surface area contributed by atoms with Crippen molar-refractivity contribution < 1.29 is 19.3 Å². The van der Waals surface area contributed by atoms with Crippen molar-refractivity contribution in [3.05, 3.63) is 0 Å². The molecule has 0 saturated carbocycles. The van der Waals surface area contributed by atoms with Crippen molar-refractivity contribution in [2.75, 3.05) is 13.7 Å². The van der Waals surface area contributed by atoms with Gasteiger partial charge in [0.25, 0.3) is 0 Å². The first kappa shape index (κ1) is 10.8. The fraction of sp³-hybridized carbons (Fsp3) is 1.00. The van der Waals surface area contributed by atoms with E-state index in [-0.39, 0.29) is 13.0 Å². The normalized spacial score (nSPS) is 19.4. The maximum Gasteiger partial charge on any atom is 0.128 e. The van der Waals surface area contributed by atoms with Crippen molar-refractivity contribution in [2.24, 2.45) is 0 Å². The summed E-state index contributed by atoms with van der Waals surface area (Å²) in [5.74, 6) is 0. The highest BCUT2D eigenvalue weighted by Crippen LogP contribution is 2.09. The van der Waals surface area contributed by atoms with Gasteiger partial charge in [0.2, 0.25) is 0 Å². The van der Waals surface area contributed by atoms with Crippen molar-refractivity contribution in [3.8, 4) is 0 Å². The van der Waals surface area contributed by atoms with Crippen LogP contribution < -0.4 is 0 Å². The Balaban J connectivity index is 3.86. The predicted octanol–water partition coefficient (Wildman–Crippen LogP) is 0.103. The lowest BCUT2D eigenvalue weighted by atomic mass is 10.1. The number of methoxy groups -OCH3 is 1. The molecule has 0 aliphatic carbocycles. The highest BCUT2D eigenvalue weighted by Gasteiger charge is 2.25. The standard InChI is InChI=1S/C7H15FO3/c1-3-5(8)7(10)6(4-9)11-2/h5-7,9-10H,3-4H2,1-2H3/t5-,6?,7?/m1/s1. The molecule has 0 aromatic rings. The van der Waals surface area contributed by atoms with Crippen LogP contribution in [0.1, 0.15) is 13.3 Å². The van der Waals surface area contributed by atoms with Crippen LogP contribution >= 0.6 is 0 Å². The Morgan fingerprint density at radius 3 is 2.36 bits per heavy atom. The smallest absolute Gasteiger partial charge is 0.128 e. The largest absolute Gasteiger partial charge is 0.394 e. The summed E-state index contributed by atoms with van der Waals surface area (Å²) < 4.78 is 17.4. The third-order valence-electron chi connectivity index (χ3n) is 1.62. The van der Waals surface area contributed by atoms with Crippen LogP contribution in [0.5, 0.6) is 0 Å². The van der Waals surface area contributed by atoms with E-state index in [1.54, 1.807) is 6.92 Å². The van der Waals surface area contributed by atoms with Crippen LogP contribution in [0.25, 0.3) is 0 Å². The molecule has 11 heavy (non-hydrogen) atoms. The van der Waals surface area contributed by atoms with Gasteiger partial charge in [-0.3, -0.25) is 0 Å². The molecule has 0 aromatic heterocycles. The van der Waals surface area contributed by atoms with Crippen LogP contribution in [0, 0.1) is 0 Å². The Morgan fingerprint density at radius 2 is 2.09 bits per heavy atom. The van der Waals surface area contributed by atoms with Crippen LogP contribution in [0.15, 0.2) is 0 Å². The molecule has 2 unspecified atom stereocenters. The van der Waals surface area contributed by atoms with Gasteiger partial charge in [-0.05, 0) is 6.42 Å². The van der Waals surface area contributed by atoms with Gasteiger partial charge in [-0.1, -0.05) is 6.92 Å². The lowest BCUT2D eigenvalue weighted by Gasteiger charge is -2.21. The highest BCUT2D eigenvalue weighted by atomic mass is 19.1. The first-order valence-corrected chi connectivity index (χ1v) is 3.63. The second-order valence-corrected chi connectivity index (χ2v) is 2.37. The van der Waals surface area contributed by atoms with Crippen molar-refractivity contribution in [2.45, 2.75) is 31.7 Å². The minimum absolute atomic E-state index is 0.223. The molecule has 0 aliphatic heterocycles. The number of aliphatic hydroxyl groups is 2. The number of hydrogen-bond acceptors (Lipinski definition) is 3. The average molecular weight is 166 g/mol. The molecule has 0 amide bonds. The number of alkyl halides is 1. The molecule has 0 heterocycles. The summed E-state index contributed by atoms with van der Waals surface area (Å²) in [5, 5.41) is 17.7. The summed E-state index contributed by atoms with van der Waals surface area (Å²) in [6, 6.07) is 0. The third kappa shape index (κ3) is 3.14. The quantitative estimate of drug-likeness (QED) is 0.609. The van der Waals surface area contributed by atoms with E-state index in [1.165, 1.54) is 7.11 Å². The van der Waals surface area contributed by atoms with Crippen LogP contribution in [0.2, 0.25) is 0 Å². The van der Waals surface area contributed by atoms with E-state index < -0.39 is 18.4 Å². The van der Waals surface area contributed by atoms with Crippen molar-refractivity contribution in [1.29, 1.82) is 0 Å². The predicted molar refractivity (Wildman–Crippen MR) is 39.1 cm³/mol. The second kappa shape index (κ2) is 5.46. The van der Waals surface area contributed by atoms with E-state index in [1.807, 2.05) is 0 Å². The van der Waals surface area contributed by atoms with Crippen LogP contribution in [-0.2, 0) is 4.74 Å². The molecule has 0 aromatic carbocycles. The SMILES string of the molecule is CC[C@@H](F)C(O)C(CO)OC. The minimum atomic E-state index is -1.33. The van der Waals surface area contributed by atoms with Gasteiger partial charge in [-0.2, -0.15) is 0 Å². The van der Waals surface area contributed by atoms with E-state index >= 15 is 0 Å². The van der Waals surface area contributed by atoms with Crippen molar-refractivity contribution in [1.82, 2.24) is 0 Å².